The highest BCUT2D eigenvalue weighted by Gasteiger charge is 2.30. The minimum atomic E-state index is -3.64. The molecule has 1 N–H and O–H groups in total. The Morgan fingerprint density at radius 3 is 2.43 bits per heavy atom. The van der Waals surface area contributed by atoms with Crippen LogP contribution in [0.15, 0.2) is 46.7 Å². The summed E-state index contributed by atoms with van der Waals surface area (Å²) >= 11 is 7.17. The zero-order chi connectivity index (χ0) is 17.0. The van der Waals surface area contributed by atoms with E-state index in [2.05, 4.69) is 5.32 Å². The van der Waals surface area contributed by atoms with E-state index >= 15 is 0 Å². The number of hydrogen-bond donors (Lipinski definition) is 1. The van der Waals surface area contributed by atoms with Crippen LogP contribution in [0.5, 0.6) is 0 Å². The van der Waals surface area contributed by atoms with Crippen molar-refractivity contribution in [3.63, 3.8) is 0 Å². The van der Waals surface area contributed by atoms with E-state index in [1.807, 2.05) is 5.38 Å². The number of nitrogens with one attached hydrogen (secondary N) is 1. The summed E-state index contributed by atoms with van der Waals surface area (Å²) in [6.07, 6.45) is 0. The van der Waals surface area contributed by atoms with Crippen LogP contribution in [0.2, 0.25) is 5.02 Å². The van der Waals surface area contributed by atoms with Crippen molar-refractivity contribution in [3.8, 4) is 0 Å². The van der Waals surface area contributed by atoms with Gasteiger partial charge in [0.05, 0.1) is 4.90 Å². The zero-order valence-electron chi connectivity index (χ0n) is 12.7. The molecule has 0 fully saturated rings. The number of thiophene rings is 1. The van der Waals surface area contributed by atoms with E-state index in [-0.39, 0.29) is 17.5 Å². The Labute approximate surface area is 144 Å². The molecule has 1 unspecified atom stereocenters. The number of halogens is 1. The van der Waals surface area contributed by atoms with Gasteiger partial charge in [-0.2, -0.15) is 0 Å². The summed E-state index contributed by atoms with van der Waals surface area (Å²) in [5, 5.41) is 4.09. The van der Waals surface area contributed by atoms with Gasteiger partial charge in [0.15, 0.2) is 9.84 Å². The molecule has 124 valence electrons. The van der Waals surface area contributed by atoms with Crippen molar-refractivity contribution >= 4 is 38.8 Å². The van der Waals surface area contributed by atoms with E-state index in [9.17, 15) is 13.2 Å². The maximum Gasteiger partial charge on any atom is 0.316 e. The number of sulfone groups is 1. The Hall–Kier alpha value is -1.57. The highest BCUT2D eigenvalue weighted by molar-refractivity contribution is 7.91. The minimum Gasteiger partial charge on any atom is -0.336 e. The van der Waals surface area contributed by atoms with Gasteiger partial charge in [-0.3, -0.25) is 0 Å². The van der Waals surface area contributed by atoms with Crippen molar-refractivity contribution in [3.05, 3.63) is 51.7 Å². The lowest BCUT2D eigenvalue weighted by Gasteiger charge is -2.19. The summed E-state index contributed by atoms with van der Waals surface area (Å²) in [6, 6.07) is 9.25. The Kier molecular flexibility index (Phi) is 5.67. The first-order valence-electron chi connectivity index (χ1n) is 6.80. The van der Waals surface area contributed by atoms with Crippen molar-refractivity contribution in [2.45, 2.75) is 10.1 Å². The van der Waals surface area contributed by atoms with Crippen LogP contribution in [0, 0.1) is 0 Å². The van der Waals surface area contributed by atoms with Gasteiger partial charge < -0.3 is 10.2 Å². The molecule has 1 heterocycles. The first-order chi connectivity index (χ1) is 10.8. The summed E-state index contributed by atoms with van der Waals surface area (Å²) in [4.78, 5) is 14.0. The fourth-order valence-corrected chi connectivity index (χ4v) is 4.87. The molecule has 2 rings (SSSR count). The normalized spacial score (nSPS) is 12.7. The van der Waals surface area contributed by atoms with Gasteiger partial charge >= 0.3 is 6.03 Å². The van der Waals surface area contributed by atoms with Crippen LogP contribution in [0.1, 0.15) is 10.1 Å². The fourth-order valence-electron chi connectivity index (χ4n) is 1.96. The van der Waals surface area contributed by atoms with E-state index in [1.54, 1.807) is 38.4 Å². The molecule has 5 nitrogen and oxygen atoms in total. The average Bonchev–Trinajstić information content (AvgIpc) is 3.01. The van der Waals surface area contributed by atoms with Gasteiger partial charge in [-0.15, -0.1) is 11.3 Å². The molecule has 23 heavy (non-hydrogen) atoms. The Morgan fingerprint density at radius 1 is 1.26 bits per heavy atom. The monoisotopic (exact) mass is 372 g/mol. The second-order valence-corrected chi connectivity index (χ2v) is 8.63. The average molecular weight is 373 g/mol. The third kappa shape index (κ3) is 4.25. The molecule has 2 amide bonds. The van der Waals surface area contributed by atoms with Crippen molar-refractivity contribution in [2.75, 3.05) is 20.6 Å². The topological polar surface area (TPSA) is 66.5 Å². The fraction of sp³-hybridized carbons (Fsp3) is 0.267. The number of carbonyl (C=O) groups excluding carboxylic acids is 1. The summed E-state index contributed by atoms with van der Waals surface area (Å²) in [6.45, 7) is 0.00247. The molecule has 0 aliphatic rings. The molecule has 2 aromatic rings. The van der Waals surface area contributed by atoms with Crippen LogP contribution >= 0.6 is 22.9 Å². The van der Waals surface area contributed by atoms with E-state index in [0.29, 0.717) is 9.90 Å². The summed E-state index contributed by atoms with van der Waals surface area (Å²) in [7, 11) is -0.443. The van der Waals surface area contributed by atoms with Gasteiger partial charge in [0, 0.05) is 30.5 Å². The summed E-state index contributed by atoms with van der Waals surface area (Å²) < 4.78 is 25.8. The Balaban J connectivity index is 2.33. The van der Waals surface area contributed by atoms with Gasteiger partial charge in [0.1, 0.15) is 5.25 Å². The molecular weight excluding hydrogens is 356 g/mol. The molecule has 1 atom stereocenters. The van der Waals surface area contributed by atoms with E-state index in [4.69, 9.17) is 11.6 Å². The summed E-state index contributed by atoms with van der Waals surface area (Å²) in [5.74, 6) is 0. The lowest BCUT2D eigenvalue weighted by molar-refractivity contribution is 0.217. The predicted octanol–water partition coefficient (Wildman–Crippen LogP) is 3.19. The van der Waals surface area contributed by atoms with Crippen molar-refractivity contribution in [2.24, 2.45) is 0 Å². The van der Waals surface area contributed by atoms with Crippen LogP contribution in [-0.2, 0) is 9.84 Å². The zero-order valence-corrected chi connectivity index (χ0v) is 15.1. The molecular formula is C15H17ClN2O3S2. The van der Waals surface area contributed by atoms with Gasteiger partial charge in [0.25, 0.3) is 0 Å². The molecule has 1 aromatic heterocycles. The number of benzene rings is 1. The van der Waals surface area contributed by atoms with Crippen molar-refractivity contribution < 1.29 is 13.2 Å². The van der Waals surface area contributed by atoms with Gasteiger partial charge in [0.2, 0.25) is 0 Å². The third-order valence-corrected chi connectivity index (χ3v) is 6.71. The van der Waals surface area contributed by atoms with Crippen LogP contribution < -0.4 is 5.32 Å². The molecule has 8 heteroatoms. The predicted molar refractivity (Wildman–Crippen MR) is 92.8 cm³/mol. The second kappa shape index (κ2) is 7.33. The molecule has 1 aromatic carbocycles. The van der Waals surface area contributed by atoms with E-state index in [0.717, 1.165) is 0 Å². The highest BCUT2D eigenvalue weighted by atomic mass is 35.5. The van der Waals surface area contributed by atoms with E-state index in [1.165, 1.54) is 28.4 Å². The van der Waals surface area contributed by atoms with Crippen molar-refractivity contribution in [1.29, 1.82) is 0 Å². The quantitative estimate of drug-likeness (QED) is 0.876. The molecule has 0 bridgehead atoms. The maximum atomic E-state index is 12.9. The van der Waals surface area contributed by atoms with E-state index < -0.39 is 15.1 Å². The smallest absolute Gasteiger partial charge is 0.316 e. The third-order valence-electron chi connectivity index (χ3n) is 3.22. The maximum absolute atomic E-state index is 12.9. The molecule has 0 radical (unpaired) electrons. The molecule has 0 spiro atoms. The molecule has 0 saturated carbocycles. The standard InChI is InChI=1S/C15H17ClN2O3S2/c1-18(2)15(19)17-10-14(13-4-3-9-22-13)23(20,21)12-7-5-11(16)6-8-12/h3-9,14H,10H2,1-2H3,(H,17,19). The van der Waals surface area contributed by atoms with Crippen LogP contribution in [-0.4, -0.2) is 40.0 Å². The minimum absolute atomic E-state index is 0.00247. The van der Waals surface area contributed by atoms with Gasteiger partial charge in [-0.1, -0.05) is 17.7 Å². The number of urea groups is 1. The van der Waals surface area contributed by atoms with Crippen LogP contribution in [0.4, 0.5) is 4.79 Å². The van der Waals surface area contributed by atoms with Gasteiger partial charge in [-0.25, -0.2) is 13.2 Å². The number of hydrogen-bond acceptors (Lipinski definition) is 4. The van der Waals surface area contributed by atoms with Crippen LogP contribution in [0.3, 0.4) is 0 Å². The SMILES string of the molecule is CN(C)C(=O)NCC(c1cccs1)S(=O)(=O)c1ccc(Cl)cc1. The van der Waals surface area contributed by atoms with Gasteiger partial charge in [-0.05, 0) is 35.7 Å². The van der Waals surface area contributed by atoms with Crippen LogP contribution in [0.25, 0.3) is 0 Å². The Bertz CT molecular complexity index is 757. The Morgan fingerprint density at radius 2 is 1.91 bits per heavy atom. The second-order valence-electron chi connectivity index (χ2n) is 5.08. The number of carbonyl (C=O) groups is 1. The van der Waals surface area contributed by atoms with Crippen molar-refractivity contribution in [1.82, 2.24) is 10.2 Å². The summed E-state index contributed by atoms with van der Waals surface area (Å²) in [5.41, 5.74) is 0. The lowest BCUT2D eigenvalue weighted by Crippen LogP contribution is -2.38. The number of nitrogens with zero attached hydrogens (tertiary/aromatic N) is 1. The number of amides is 2. The lowest BCUT2D eigenvalue weighted by atomic mass is 10.3. The first kappa shape index (κ1) is 17.8. The molecule has 0 saturated heterocycles. The molecule has 0 aliphatic heterocycles. The number of rotatable bonds is 5. The largest absolute Gasteiger partial charge is 0.336 e. The molecule has 0 aliphatic carbocycles. The first-order valence-corrected chi connectivity index (χ1v) is 9.61. The highest BCUT2D eigenvalue weighted by Crippen LogP contribution is 2.31.